The van der Waals surface area contributed by atoms with Crippen molar-refractivity contribution in [1.29, 1.82) is 0 Å². The Balaban J connectivity index is 2.10. The number of aliphatic hydroxyl groups is 1. The highest BCUT2D eigenvalue weighted by Gasteiger charge is 2.16. The summed E-state index contributed by atoms with van der Waals surface area (Å²) < 4.78 is 4.85. The monoisotopic (exact) mass is 352 g/mol. The van der Waals surface area contributed by atoms with Crippen LogP contribution in [-0.4, -0.2) is 18.2 Å². The van der Waals surface area contributed by atoms with Gasteiger partial charge in [0.2, 0.25) is 0 Å². The Bertz CT molecular complexity index is 891. The molecular formula is C21H17ClO3. The van der Waals surface area contributed by atoms with Crippen molar-refractivity contribution in [3.63, 3.8) is 0 Å². The number of ether oxygens (including phenoxy) is 1. The standard InChI is InChI=1S/C21H17ClO3/c1-25-21(24)18-11-16(14-6-3-2-4-7-14)10-17(12-18)20(23)15-8-5-9-19(22)13-15/h2-13,20,23H,1H3. The fourth-order valence-electron chi connectivity index (χ4n) is 2.71. The summed E-state index contributed by atoms with van der Waals surface area (Å²) in [5.41, 5.74) is 3.44. The van der Waals surface area contributed by atoms with Gasteiger partial charge in [-0.3, -0.25) is 0 Å². The van der Waals surface area contributed by atoms with E-state index >= 15 is 0 Å². The van der Waals surface area contributed by atoms with Crippen LogP contribution in [0.4, 0.5) is 0 Å². The molecule has 3 nitrogen and oxygen atoms in total. The van der Waals surface area contributed by atoms with Gasteiger partial charge in [0.25, 0.3) is 0 Å². The molecule has 1 atom stereocenters. The molecule has 0 aliphatic heterocycles. The van der Waals surface area contributed by atoms with Gasteiger partial charge in [0, 0.05) is 5.02 Å². The molecule has 0 saturated heterocycles. The molecule has 0 bridgehead atoms. The number of rotatable bonds is 4. The summed E-state index contributed by atoms with van der Waals surface area (Å²) in [5.74, 6) is -0.447. The first-order valence-electron chi connectivity index (χ1n) is 7.81. The van der Waals surface area contributed by atoms with Gasteiger partial charge in [-0.25, -0.2) is 4.79 Å². The second kappa shape index (κ2) is 7.51. The Morgan fingerprint density at radius 2 is 1.68 bits per heavy atom. The molecule has 3 rings (SSSR count). The van der Waals surface area contributed by atoms with Crippen molar-refractivity contribution >= 4 is 17.6 Å². The van der Waals surface area contributed by atoms with E-state index in [2.05, 4.69) is 0 Å². The van der Waals surface area contributed by atoms with Crippen molar-refractivity contribution in [3.8, 4) is 11.1 Å². The van der Waals surface area contributed by atoms with Crippen LogP contribution in [0.25, 0.3) is 11.1 Å². The van der Waals surface area contributed by atoms with E-state index in [-0.39, 0.29) is 0 Å². The molecule has 0 heterocycles. The van der Waals surface area contributed by atoms with Crippen molar-refractivity contribution in [2.45, 2.75) is 6.10 Å². The van der Waals surface area contributed by atoms with Crippen LogP contribution in [0.5, 0.6) is 0 Å². The predicted molar refractivity (Wildman–Crippen MR) is 98.7 cm³/mol. The van der Waals surface area contributed by atoms with Crippen molar-refractivity contribution in [2.24, 2.45) is 0 Å². The molecule has 0 saturated carbocycles. The van der Waals surface area contributed by atoms with E-state index in [1.165, 1.54) is 7.11 Å². The quantitative estimate of drug-likeness (QED) is 0.681. The lowest BCUT2D eigenvalue weighted by Crippen LogP contribution is -2.06. The number of hydrogen-bond acceptors (Lipinski definition) is 3. The van der Waals surface area contributed by atoms with Crippen molar-refractivity contribution in [2.75, 3.05) is 7.11 Å². The number of halogens is 1. The summed E-state index contributed by atoms with van der Waals surface area (Å²) >= 11 is 6.02. The molecule has 25 heavy (non-hydrogen) atoms. The first-order chi connectivity index (χ1) is 12.1. The molecule has 0 amide bonds. The van der Waals surface area contributed by atoms with Gasteiger partial charge >= 0.3 is 5.97 Å². The van der Waals surface area contributed by atoms with Gasteiger partial charge in [-0.1, -0.05) is 54.1 Å². The fourth-order valence-corrected chi connectivity index (χ4v) is 2.91. The lowest BCUT2D eigenvalue weighted by molar-refractivity contribution is 0.0600. The van der Waals surface area contributed by atoms with Crippen LogP contribution >= 0.6 is 11.6 Å². The highest BCUT2D eigenvalue weighted by molar-refractivity contribution is 6.30. The smallest absolute Gasteiger partial charge is 0.337 e. The zero-order valence-electron chi connectivity index (χ0n) is 13.6. The van der Waals surface area contributed by atoms with Crippen molar-refractivity contribution in [1.82, 2.24) is 0 Å². The highest BCUT2D eigenvalue weighted by Crippen LogP contribution is 2.30. The summed E-state index contributed by atoms with van der Waals surface area (Å²) in [6, 6.07) is 22.0. The van der Waals surface area contributed by atoms with Crippen LogP contribution in [0.1, 0.15) is 27.6 Å². The van der Waals surface area contributed by atoms with Crippen LogP contribution in [0.2, 0.25) is 5.02 Å². The SMILES string of the molecule is COC(=O)c1cc(-c2ccccc2)cc(C(O)c2cccc(Cl)c2)c1. The molecular weight excluding hydrogens is 336 g/mol. The summed E-state index contributed by atoms with van der Waals surface area (Å²) in [6.07, 6.45) is -0.897. The zero-order valence-corrected chi connectivity index (χ0v) is 14.4. The third-order valence-corrected chi connectivity index (χ3v) is 4.20. The maximum Gasteiger partial charge on any atom is 0.337 e. The van der Waals surface area contributed by atoms with E-state index in [0.717, 1.165) is 11.1 Å². The van der Waals surface area contributed by atoms with Gasteiger partial charge in [-0.15, -0.1) is 0 Å². The topological polar surface area (TPSA) is 46.5 Å². The van der Waals surface area contributed by atoms with Gasteiger partial charge < -0.3 is 9.84 Å². The Morgan fingerprint density at radius 3 is 2.36 bits per heavy atom. The number of carbonyl (C=O) groups excluding carboxylic acids is 1. The zero-order chi connectivity index (χ0) is 17.8. The second-order valence-corrected chi connectivity index (χ2v) is 6.10. The van der Waals surface area contributed by atoms with Crippen LogP contribution in [-0.2, 0) is 4.74 Å². The van der Waals surface area contributed by atoms with E-state index in [0.29, 0.717) is 21.7 Å². The minimum Gasteiger partial charge on any atom is -0.465 e. The van der Waals surface area contributed by atoms with E-state index in [1.807, 2.05) is 36.4 Å². The second-order valence-electron chi connectivity index (χ2n) is 5.66. The number of aliphatic hydroxyl groups excluding tert-OH is 1. The van der Waals surface area contributed by atoms with E-state index < -0.39 is 12.1 Å². The first-order valence-corrected chi connectivity index (χ1v) is 8.18. The third-order valence-electron chi connectivity index (χ3n) is 3.96. The Hall–Kier alpha value is -2.62. The van der Waals surface area contributed by atoms with Crippen molar-refractivity contribution < 1.29 is 14.6 Å². The van der Waals surface area contributed by atoms with Gasteiger partial charge in [0.15, 0.2) is 0 Å². The highest BCUT2D eigenvalue weighted by atomic mass is 35.5. The minimum absolute atomic E-state index is 0.389. The number of carbonyl (C=O) groups is 1. The number of esters is 1. The molecule has 0 aliphatic carbocycles. The maximum atomic E-state index is 12.0. The van der Waals surface area contributed by atoms with E-state index in [1.54, 1.807) is 36.4 Å². The molecule has 1 unspecified atom stereocenters. The van der Waals surface area contributed by atoms with Gasteiger partial charge in [-0.05, 0) is 52.6 Å². The predicted octanol–water partition coefficient (Wildman–Crippen LogP) is 4.88. The molecule has 1 N–H and O–H groups in total. The van der Waals surface area contributed by atoms with Crippen molar-refractivity contribution in [3.05, 3.63) is 94.5 Å². The summed E-state index contributed by atoms with van der Waals surface area (Å²) in [7, 11) is 1.34. The minimum atomic E-state index is -0.897. The van der Waals surface area contributed by atoms with E-state index in [9.17, 15) is 9.90 Å². The molecule has 3 aromatic rings. The molecule has 0 radical (unpaired) electrons. The lowest BCUT2D eigenvalue weighted by atomic mass is 9.94. The van der Waals surface area contributed by atoms with Gasteiger partial charge in [0.1, 0.15) is 6.10 Å². The molecule has 4 heteroatoms. The summed E-state index contributed by atoms with van der Waals surface area (Å²) in [5, 5.41) is 11.3. The first kappa shape index (κ1) is 17.2. The molecule has 0 aliphatic rings. The maximum absolute atomic E-state index is 12.0. The summed E-state index contributed by atoms with van der Waals surface area (Å²) in [6.45, 7) is 0. The number of hydrogen-bond donors (Lipinski definition) is 1. The van der Waals surface area contributed by atoms with Crippen LogP contribution < -0.4 is 0 Å². The third kappa shape index (κ3) is 3.90. The Kier molecular flexibility index (Phi) is 5.17. The molecule has 0 spiro atoms. The Labute approximate surface area is 151 Å². The van der Waals surface area contributed by atoms with Crippen LogP contribution in [0.3, 0.4) is 0 Å². The molecule has 126 valence electrons. The summed E-state index contributed by atoms with van der Waals surface area (Å²) in [4.78, 5) is 12.0. The van der Waals surface area contributed by atoms with E-state index in [4.69, 9.17) is 16.3 Å². The average Bonchev–Trinajstić information content (AvgIpc) is 2.67. The van der Waals surface area contributed by atoms with Crippen LogP contribution in [0.15, 0.2) is 72.8 Å². The number of methoxy groups -OCH3 is 1. The molecule has 3 aromatic carbocycles. The van der Waals surface area contributed by atoms with Crippen LogP contribution in [0, 0.1) is 0 Å². The van der Waals surface area contributed by atoms with Gasteiger partial charge in [-0.2, -0.15) is 0 Å². The van der Waals surface area contributed by atoms with Gasteiger partial charge in [0.05, 0.1) is 12.7 Å². The largest absolute Gasteiger partial charge is 0.465 e. The Morgan fingerprint density at radius 1 is 0.920 bits per heavy atom. The number of benzene rings is 3. The normalized spacial score (nSPS) is 11.8. The fraction of sp³-hybridized carbons (Fsp3) is 0.0952. The lowest BCUT2D eigenvalue weighted by Gasteiger charge is -2.15. The molecule has 0 aromatic heterocycles. The average molecular weight is 353 g/mol. The molecule has 0 fully saturated rings.